The first-order chi connectivity index (χ1) is 14.5. The lowest BCUT2D eigenvalue weighted by Crippen LogP contribution is -2.18. The number of nitrogens with zero attached hydrogens (tertiary/aromatic N) is 6. The van der Waals surface area contributed by atoms with Gasteiger partial charge in [-0.25, -0.2) is 14.5 Å². The highest BCUT2D eigenvalue weighted by atomic mass is 35.5. The summed E-state index contributed by atoms with van der Waals surface area (Å²) >= 11 is 6.42. The lowest BCUT2D eigenvalue weighted by molar-refractivity contribution is 0.0526. The van der Waals surface area contributed by atoms with Gasteiger partial charge in [0.05, 0.1) is 25.5 Å². The summed E-state index contributed by atoms with van der Waals surface area (Å²) in [5.74, 6) is 1.48. The second-order valence-electron chi connectivity index (χ2n) is 7.72. The Bertz CT molecular complexity index is 1050. The van der Waals surface area contributed by atoms with Gasteiger partial charge in [0.1, 0.15) is 5.52 Å². The van der Waals surface area contributed by atoms with Crippen molar-refractivity contribution in [1.82, 2.24) is 29.5 Å². The third-order valence-electron chi connectivity index (χ3n) is 5.56. The van der Waals surface area contributed by atoms with Crippen LogP contribution in [0.3, 0.4) is 0 Å². The minimum atomic E-state index is -0.454. The molecular formula is C20H25ClN6O3. The predicted octanol–water partition coefficient (Wildman–Crippen LogP) is 3.68. The third kappa shape index (κ3) is 3.98. The quantitative estimate of drug-likeness (QED) is 0.548. The standard InChI is InChI=1S/C20H25ClN6O3/c1-4-30-19(28)14-9-22-27(11-14)20-23-15-16(18(24-20)29-3)26(25-17(15)21)10-13-7-5-12(2)6-8-13/h9,11-13H,4-8,10H2,1-3H3. The molecule has 30 heavy (non-hydrogen) atoms. The molecule has 0 unspecified atom stereocenters. The summed E-state index contributed by atoms with van der Waals surface area (Å²) in [6.07, 6.45) is 7.73. The molecule has 0 amide bonds. The van der Waals surface area contributed by atoms with E-state index in [2.05, 4.69) is 27.1 Å². The number of hydrogen-bond donors (Lipinski definition) is 0. The van der Waals surface area contributed by atoms with E-state index < -0.39 is 5.97 Å². The van der Waals surface area contributed by atoms with Crippen molar-refractivity contribution in [3.05, 3.63) is 23.1 Å². The predicted molar refractivity (Wildman–Crippen MR) is 111 cm³/mol. The van der Waals surface area contributed by atoms with Crippen molar-refractivity contribution < 1.29 is 14.3 Å². The van der Waals surface area contributed by atoms with E-state index in [0.717, 1.165) is 12.5 Å². The van der Waals surface area contributed by atoms with Gasteiger partial charge in [-0.05, 0) is 31.6 Å². The van der Waals surface area contributed by atoms with Gasteiger partial charge in [-0.15, -0.1) is 0 Å². The molecule has 0 aromatic carbocycles. The fraction of sp³-hybridized carbons (Fsp3) is 0.550. The van der Waals surface area contributed by atoms with E-state index in [-0.39, 0.29) is 17.7 Å². The SMILES string of the molecule is CCOC(=O)c1cnn(-c2nc(OC)c3c(n2)c(Cl)nn3CC2CCC(C)CC2)c1. The minimum absolute atomic E-state index is 0.239. The summed E-state index contributed by atoms with van der Waals surface area (Å²) in [5, 5.41) is 8.96. The van der Waals surface area contributed by atoms with Gasteiger partial charge in [-0.1, -0.05) is 31.4 Å². The molecule has 0 saturated heterocycles. The summed E-state index contributed by atoms with van der Waals surface area (Å²) in [7, 11) is 1.55. The van der Waals surface area contributed by atoms with Crippen molar-refractivity contribution >= 4 is 28.6 Å². The zero-order valence-electron chi connectivity index (χ0n) is 17.3. The van der Waals surface area contributed by atoms with Gasteiger partial charge in [-0.3, -0.25) is 4.68 Å². The van der Waals surface area contributed by atoms with Crippen LogP contribution in [-0.2, 0) is 11.3 Å². The van der Waals surface area contributed by atoms with Gasteiger partial charge in [0, 0.05) is 12.7 Å². The molecule has 1 fully saturated rings. The number of methoxy groups -OCH3 is 1. The largest absolute Gasteiger partial charge is 0.479 e. The zero-order valence-corrected chi connectivity index (χ0v) is 18.1. The van der Waals surface area contributed by atoms with Gasteiger partial charge in [-0.2, -0.15) is 15.2 Å². The number of rotatable bonds is 6. The van der Waals surface area contributed by atoms with Crippen molar-refractivity contribution in [2.24, 2.45) is 11.8 Å². The molecule has 0 spiro atoms. The number of carbonyl (C=O) groups is 1. The summed E-state index contributed by atoms with van der Waals surface area (Å²) < 4.78 is 13.8. The Kier molecular flexibility index (Phi) is 5.90. The molecule has 1 saturated carbocycles. The van der Waals surface area contributed by atoms with E-state index in [1.807, 2.05) is 4.68 Å². The lowest BCUT2D eigenvalue weighted by atomic mass is 9.83. The highest BCUT2D eigenvalue weighted by Crippen LogP contribution is 2.33. The first-order valence-corrected chi connectivity index (χ1v) is 10.6. The second kappa shape index (κ2) is 8.59. The molecule has 1 aliphatic carbocycles. The van der Waals surface area contributed by atoms with E-state index in [4.69, 9.17) is 21.1 Å². The number of ether oxygens (including phenoxy) is 2. The van der Waals surface area contributed by atoms with E-state index in [9.17, 15) is 4.79 Å². The van der Waals surface area contributed by atoms with Gasteiger partial charge in [0.15, 0.2) is 10.7 Å². The molecule has 160 valence electrons. The normalized spacial score (nSPS) is 19.2. The van der Waals surface area contributed by atoms with Crippen LogP contribution in [0, 0.1) is 11.8 Å². The van der Waals surface area contributed by atoms with Gasteiger partial charge in [0.25, 0.3) is 5.95 Å². The van der Waals surface area contributed by atoms with E-state index in [1.54, 1.807) is 14.0 Å². The van der Waals surface area contributed by atoms with Crippen molar-refractivity contribution in [3.8, 4) is 11.8 Å². The molecule has 0 radical (unpaired) electrons. The van der Waals surface area contributed by atoms with Crippen LogP contribution in [0.15, 0.2) is 12.4 Å². The maximum absolute atomic E-state index is 11.9. The summed E-state index contributed by atoms with van der Waals surface area (Å²) in [6, 6.07) is 0. The Morgan fingerprint density at radius 1 is 1.27 bits per heavy atom. The number of esters is 1. The smallest absolute Gasteiger partial charge is 0.341 e. The van der Waals surface area contributed by atoms with Crippen LogP contribution in [0.4, 0.5) is 0 Å². The Hall–Kier alpha value is -2.68. The van der Waals surface area contributed by atoms with Gasteiger partial charge < -0.3 is 9.47 Å². The van der Waals surface area contributed by atoms with Crippen molar-refractivity contribution in [2.75, 3.05) is 13.7 Å². The monoisotopic (exact) mass is 432 g/mol. The van der Waals surface area contributed by atoms with Crippen LogP contribution in [0.25, 0.3) is 17.0 Å². The maximum atomic E-state index is 11.9. The van der Waals surface area contributed by atoms with Crippen LogP contribution in [0.1, 0.15) is 49.9 Å². The molecule has 4 rings (SSSR count). The Balaban J connectivity index is 1.68. The molecule has 3 aromatic heterocycles. The summed E-state index contributed by atoms with van der Waals surface area (Å²) in [6.45, 7) is 5.09. The van der Waals surface area contributed by atoms with Crippen LogP contribution >= 0.6 is 11.6 Å². The Morgan fingerprint density at radius 2 is 2.03 bits per heavy atom. The van der Waals surface area contributed by atoms with Crippen molar-refractivity contribution in [3.63, 3.8) is 0 Å². The average Bonchev–Trinajstić information content (AvgIpc) is 3.35. The molecule has 9 nitrogen and oxygen atoms in total. The maximum Gasteiger partial charge on any atom is 0.341 e. The Morgan fingerprint density at radius 3 is 2.73 bits per heavy atom. The van der Waals surface area contributed by atoms with Crippen LogP contribution in [0.5, 0.6) is 5.88 Å². The lowest BCUT2D eigenvalue weighted by Gasteiger charge is -2.26. The highest BCUT2D eigenvalue weighted by molar-refractivity contribution is 6.33. The van der Waals surface area contributed by atoms with E-state index in [1.165, 1.54) is 42.8 Å². The molecule has 10 heteroatoms. The summed E-state index contributed by atoms with van der Waals surface area (Å²) in [4.78, 5) is 20.9. The highest BCUT2D eigenvalue weighted by Gasteiger charge is 2.24. The first kappa shape index (κ1) is 20.6. The van der Waals surface area contributed by atoms with E-state index in [0.29, 0.717) is 28.4 Å². The van der Waals surface area contributed by atoms with Crippen LogP contribution in [-0.4, -0.2) is 49.2 Å². The van der Waals surface area contributed by atoms with Crippen molar-refractivity contribution in [2.45, 2.75) is 46.1 Å². The number of carbonyl (C=O) groups excluding carboxylic acids is 1. The molecular weight excluding hydrogens is 408 g/mol. The average molecular weight is 433 g/mol. The van der Waals surface area contributed by atoms with E-state index >= 15 is 0 Å². The molecule has 3 heterocycles. The zero-order chi connectivity index (χ0) is 21.3. The van der Waals surface area contributed by atoms with Gasteiger partial charge >= 0.3 is 5.97 Å². The number of halogens is 1. The fourth-order valence-electron chi connectivity index (χ4n) is 3.89. The number of fused-ring (bicyclic) bond motifs is 1. The molecule has 0 N–H and O–H groups in total. The Labute approximate surface area is 179 Å². The van der Waals surface area contributed by atoms with Crippen LogP contribution < -0.4 is 4.74 Å². The number of aromatic nitrogens is 6. The molecule has 0 atom stereocenters. The van der Waals surface area contributed by atoms with Crippen molar-refractivity contribution in [1.29, 1.82) is 0 Å². The van der Waals surface area contributed by atoms with Crippen LogP contribution in [0.2, 0.25) is 5.15 Å². The topological polar surface area (TPSA) is 96.9 Å². The minimum Gasteiger partial charge on any atom is -0.479 e. The first-order valence-electron chi connectivity index (χ1n) is 10.2. The summed E-state index contributed by atoms with van der Waals surface area (Å²) in [5.41, 5.74) is 1.48. The molecule has 0 bridgehead atoms. The second-order valence-corrected chi connectivity index (χ2v) is 8.08. The molecule has 3 aromatic rings. The fourth-order valence-corrected chi connectivity index (χ4v) is 4.11. The number of hydrogen-bond acceptors (Lipinski definition) is 7. The van der Waals surface area contributed by atoms with Gasteiger partial charge in [0.2, 0.25) is 5.88 Å². The molecule has 1 aliphatic rings. The molecule has 0 aliphatic heterocycles. The third-order valence-corrected chi connectivity index (χ3v) is 5.82.